The van der Waals surface area contributed by atoms with Crippen molar-refractivity contribution in [1.29, 1.82) is 0 Å². The zero-order chi connectivity index (χ0) is 15.4. The largest absolute Gasteiger partial charge is 0.508 e. The van der Waals surface area contributed by atoms with Crippen molar-refractivity contribution < 1.29 is 9.90 Å². The number of rotatable bonds is 3. The standard InChI is InChI=1S/C19H15NO2/c21-18-11-9-14(10-12-18)16-7-4-8-17(13-16)20-19(22)15-5-2-1-3-6-15/h1-13,21H,(H,20,22). The molecular weight excluding hydrogens is 274 g/mol. The summed E-state index contributed by atoms with van der Waals surface area (Å²) < 4.78 is 0. The first-order valence-electron chi connectivity index (χ1n) is 6.98. The summed E-state index contributed by atoms with van der Waals surface area (Å²) in [6.45, 7) is 0. The van der Waals surface area contributed by atoms with Crippen LogP contribution in [-0.2, 0) is 0 Å². The van der Waals surface area contributed by atoms with E-state index in [0.29, 0.717) is 5.56 Å². The average molecular weight is 289 g/mol. The molecule has 0 radical (unpaired) electrons. The summed E-state index contributed by atoms with van der Waals surface area (Å²) in [5.41, 5.74) is 3.32. The minimum absolute atomic E-state index is 0.136. The molecule has 0 saturated carbocycles. The summed E-state index contributed by atoms with van der Waals surface area (Å²) in [5.74, 6) is 0.0979. The van der Waals surface area contributed by atoms with Crippen LogP contribution in [0.15, 0.2) is 78.9 Å². The van der Waals surface area contributed by atoms with Gasteiger partial charge in [0.1, 0.15) is 5.75 Å². The van der Waals surface area contributed by atoms with Crippen LogP contribution in [0.5, 0.6) is 5.75 Å². The molecule has 0 bridgehead atoms. The van der Waals surface area contributed by atoms with E-state index in [1.807, 2.05) is 54.6 Å². The van der Waals surface area contributed by atoms with E-state index in [9.17, 15) is 9.90 Å². The fourth-order valence-corrected chi connectivity index (χ4v) is 2.22. The van der Waals surface area contributed by atoms with Crippen LogP contribution >= 0.6 is 0 Å². The summed E-state index contributed by atoms with van der Waals surface area (Å²) in [6, 6.07) is 23.7. The van der Waals surface area contributed by atoms with Crippen LogP contribution in [0.4, 0.5) is 5.69 Å². The molecule has 0 fully saturated rings. The van der Waals surface area contributed by atoms with Gasteiger partial charge in [-0.3, -0.25) is 4.79 Å². The Balaban J connectivity index is 1.82. The zero-order valence-electron chi connectivity index (χ0n) is 11.9. The van der Waals surface area contributed by atoms with Crippen LogP contribution in [0.1, 0.15) is 10.4 Å². The SMILES string of the molecule is O=C(Nc1cccc(-c2ccc(O)cc2)c1)c1ccccc1. The number of anilines is 1. The Hall–Kier alpha value is -3.07. The van der Waals surface area contributed by atoms with Crippen molar-refractivity contribution in [2.45, 2.75) is 0 Å². The number of nitrogens with one attached hydrogen (secondary N) is 1. The lowest BCUT2D eigenvalue weighted by Gasteiger charge is -2.08. The van der Waals surface area contributed by atoms with E-state index in [0.717, 1.165) is 16.8 Å². The summed E-state index contributed by atoms with van der Waals surface area (Å²) >= 11 is 0. The Morgan fingerprint density at radius 1 is 0.773 bits per heavy atom. The molecule has 0 aromatic heterocycles. The van der Waals surface area contributed by atoms with Crippen LogP contribution < -0.4 is 5.32 Å². The fraction of sp³-hybridized carbons (Fsp3) is 0. The van der Waals surface area contributed by atoms with E-state index >= 15 is 0 Å². The maximum atomic E-state index is 12.2. The van der Waals surface area contributed by atoms with Crippen molar-refractivity contribution in [2.24, 2.45) is 0 Å². The highest BCUT2D eigenvalue weighted by atomic mass is 16.3. The highest BCUT2D eigenvalue weighted by Gasteiger charge is 2.06. The molecule has 0 aliphatic heterocycles. The van der Waals surface area contributed by atoms with Crippen LogP contribution in [0, 0.1) is 0 Å². The molecule has 0 atom stereocenters. The molecule has 1 amide bonds. The second-order valence-electron chi connectivity index (χ2n) is 4.95. The van der Waals surface area contributed by atoms with E-state index in [4.69, 9.17) is 0 Å². The van der Waals surface area contributed by atoms with Gasteiger partial charge < -0.3 is 10.4 Å². The number of hydrogen-bond acceptors (Lipinski definition) is 2. The van der Waals surface area contributed by atoms with Crippen molar-refractivity contribution in [3.63, 3.8) is 0 Å². The smallest absolute Gasteiger partial charge is 0.255 e. The molecule has 0 spiro atoms. The molecule has 2 N–H and O–H groups in total. The van der Waals surface area contributed by atoms with Gasteiger partial charge in [0.05, 0.1) is 0 Å². The molecule has 3 heteroatoms. The van der Waals surface area contributed by atoms with Gasteiger partial charge in [-0.05, 0) is 47.5 Å². The Labute approximate surface area is 128 Å². The highest BCUT2D eigenvalue weighted by Crippen LogP contribution is 2.24. The topological polar surface area (TPSA) is 49.3 Å². The number of benzene rings is 3. The molecule has 3 aromatic carbocycles. The summed E-state index contributed by atoms with van der Waals surface area (Å²) in [7, 11) is 0. The molecule has 0 unspecified atom stereocenters. The molecule has 0 aliphatic rings. The van der Waals surface area contributed by atoms with E-state index in [-0.39, 0.29) is 11.7 Å². The maximum absolute atomic E-state index is 12.2. The lowest BCUT2D eigenvalue weighted by Crippen LogP contribution is -2.11. The number of carbonyl (C=O) groups excluding carboxylic acids is 1. The van der Waals surface area contributed by atoms with Gasteiger partial charge in [0.15, 0.2) is 0 Å². The third-order valence-corrected chi connectivity index (χ3v) is 3.36. The number of phenols is 1. The third-order valence-electron chi connectivity index (χ3n) is 3.36. The molecule has 0 aliphatic carbocycles. The van der Waals surface area contributed by atoms with Gasteiger partial charge in [0, 0.05) is 11.3 Å². The van der Waals surface area contributed by atoms with Crippen LogP contribution in [-0.4, -0.2) is 11.0 Å². The molecule has 3 rings (SSSR count). The molecule has 0 heterocycles. The van der Waals surface area contributed by atoms with Crippen LogP contribution in [0.25, 0.3) is 11.1 Å². The van der Waals surface area contributed by atoms with Crippen molar-refractivity contribution in [3.05, 3.63) is 84.4 Å². The number of amides is 1. The van der Waals surface area contributed by atoms with Gasteiger partial charge in [-0.25, -0.2) is 0 Å². The molecule has 0 saturated heterocycles. The van der Waals surface area contributed by atoms with Gasteiger partial charge in [-0.1, -0.05) is 42.5 Å². The van der Waals surface area contributed by atoms with Gasteiger partial charge in [0.25, 0.3) is 5.91 Å². The second kappa shape index (κ2) is 6.14. The van der Waals surface area contributed by atoms with Gasteiger partial charge in [-0.15, -0.1) is 0 Å². The van der Waals surface area contributed by atoms with Gasteiger partial charge in [0.2, 0.25) is 0 Å². The Bertz CT molecular complexity index is 780. The summed E-state index contributed by atoms with van der Waals surface area (Å²) in [5, 5.41) is 12.2. The zero-order valence-corrected chi connectivity index (χ0v) is 11.9. The highest BCUT2D eigenvalue weighted by molar-refractivity contribution is 6.04. The first kappa shape index (κ1) is 13.9. The van der Waals surface area contributed by atoms with Crippen LogP contribution in [0.3, 0.4) is 0 Å². The second-order valence-corrected chi connectivity index (χ2v) is 4.95. The van der Waals surface area contributed by atoms with Gasteiger partial charge >= 0.3 is 0 Å². The lowest BCUT2D eigenvalue weighted by molar-refractivity contribution is 0.102. The molecule has 3 nitrogen and oxygen atoms in total. The Morgan fingerprint density at radius 2 is 1.50 bits per heavy atom. The van der Waals surface area contributed by atoms with Crippen molar-refractivity contribution >= 4 is 11.6 Å². The minimum Gasteiger partial charge on any atom is -0.508 e. The Kier molecular flexibility index (Phi) is 3.88. The number of carbonyl (C=O) groups is 1. The third kappa shape index (κ3) is 3.15. The van der Waals surface area contributed by atoms with Crippen LogP contribution in [0.2, 0.25) is 0 Å². The predicted octanol–water partition coefficient (Wildman–Crippen LogP) is 4.31. The van der Waals surface area contributed by atoms with E-state index in [1.165, 1.54) is 0 Å². The first-order valence-corrected chi connectivity index (χ1v) is 6.98. The lowest BCUT2D eigenvalue weighted by atomic mass is 10.0. The quantitative estimate of drug-likeness (QED) is 0.754. The molecule has 22 heavy (non-hydrogen) atoms. The number of phenolic OH excluding ortho intramolecular Hbond substituents is 1. The van der Waals surface area contributed by atoms with Gasteiger partial charge in [-0.2, -0.15) is 0 Å². The maximum Gasteiger partial charge on any atom is 0.255 e. The monoisotopic (exact) mass is 289 g/mol. The van der Waals surface area contributed by atoms with Crippen molar-refractivity contribution in [1.82, 2.24) is 0 Å². The van der Waals surface area contributed by atoms with Crippen molar-refractivity contribution in [2.75, 3.05) is 5.32 Å². The Morgan fingerprint density at radius 3 is 2.23 bits per heavy atom. The normalized spacial score (nSPS) is 10.2. The predicted molar refractivity (Wildman–Crippen MR) is 87.9 cm³/mol. The molecular formula is C19H15NO2. The first-order chi connectivity index (χ1) is 10.7. The number of hydrogen-bond donors (Lipinski definition) is 2. The fourth-order valence-electron chi connectivity index (χ4n) is 2.22. The summed E-state index contributed by atoms with van der Waals surface area (Å²) in [4.78, 5) is 12.2. The van der Waals surface area contributed by atoms with E-state index in [2.05, 4.69) is 5.32 Å². The van der Waals surface area contributed by atoms with E-state index < -0.39 is 0 Å². The molecule has 3 aromatic rings. The number of aromatic hydroxyl groups is 1. The minimum atomic E-state index is -0.136. The summed E-state index contributed by atoms with van der Waals surface area (Å²) in [6.07, 6.45) is 0. The van der Waals surface area contributed by atoms with E-state index in [1.54, 1.807) is 24.3 Å². The molecule has 108 valence electrons. The van der Waals surface area contributed by atoms with Crippen molar-refractivity contribution in [3.8, 4) is 16.9 Å². The average Bonchev–Trinajstić information content (AvgIpc) is 2.56.